The molecule has 0 amide bonds. The third kappa shape index (κ3) is 3.49. The number of aromatic hydroxyl groups is 2. The van der Waals surface area contributed by atoms with Gasteiger partial charge in [-0.05, 0) is 23.8 Å². The van der Waals surface area contributed by atoms with Crippen molar-refractivity contribution >= 4 is 11.6 Å². The Morgan fingerprint density at radius 1 is 0.871 bits per heavy atom. The second-order valence-electron chi connectivity index (χ2n) is 7.40. The summed E-state index contributed by atoms with van der Waals surface area (Å²) in [6.45, 7) is -0.912. The van der Waals surface area contributed by atoms with Gasteiger partial charge in [0.05, 0.1) is 24.3 Å². The molecule has 2 aromatic rings. The van der Waals surface area contributed by atoms with E-state index in [1.54, 1.807) is 0 Å². The highest BCUT2D eigenvalue weighted by Crippen LogP contribution is 2.37. The summed E-state index contributed by atoms with van der Waals surface area (Å²) in [6.07, 6.45) is -7.31. The lowest BCUT2D eigenvalue weighted by Crippen LogP contribution is -2.59. The lowest BCUT2D eigenvalue weighted by atomic mass is 9.82. The van der Waals surface area contributed by atoms with Gasteiger partial charge < -0.3 is 40.1 Å². The molecule has 0 saturated carbocycles. The molecule has 0 radical (unpaired) electrons. The monoisotopic (exact) mass is 432 g/mol. The molecule has 1 aliphatic heterocycles. The van der Waals surface area contributed by atoms with Crippen LogP contribution in [0.15, 0.2) is 30.3 Å². The Bertz CT molecular complexity index is 1050. The molecule has 6 N–H and O–H groups in total. The van der Waals surface area contributed by atoms with Crippen LogP contribution in [0.5, 0.6) is 11.5 Å². The molecule has 10 heteroatoms. The van der Waals surface area contributed by atoms with Crippen molar-refractivity contribution in [2.45, 2.75) is 37.3 Å². The molecule has 5 atom stereocenters. The maximum atomic E-state index is 12.9. The predicted octanol–water partition coefficient (Wildman–Crippen LogP) is -0.810. The number of hydrogen-bond donors (Lipinski definition) is 6. The zero-order valence-corrected chi connectivity index (χ0v) is 16.0. The number of ketones is 2. The van der Waals surface area contributed by atoms with Gasteiger partial charge in [0.25, 0.3) is 0 Å². The van der Waals surface area contributed by atoms with Crippen LogP contribution in [0.25, 0.3) is 0 Å². The number of rotatable bonds is 4. The van der Waals surface area contributed by atoms with Gasteiger partial charge in [0, 0.05) is 11.1 Å². The fraction of sp³-hybridized carbons (Fsp3) is 0.333. The fourth-order valence-corrected chi connectivity index (χ4v) is 3.81. The van der Waals surface area contributed by atoms with Gasteiger partial charge in [-0.3, -0.25) is 9.59 Å². The Kier molecular flexibility index (Phi) is 5.52. The van der Waals surface area contributed by atoms with Crippen LogP contribution in [0.4, 0.5) is 0 Å². The molecule has 10 nitrogen and oxygen atoms in total. The van der Waals surface area contributed by atoms with Gasteiger partial charge in [-0.15, -0.1) is 0 Å². The minimum atomic E-state index is -1.61. The van der Waals surface area contributed by atoms with E-state index in [9.17, 15) is 40.2 Å². The van der Waals surface area contributed by atoms with Crippen LogP contribution in [-0.2, 0) is 16.1 Å². The number of phenolic OH excluding ortho intramolecular Hbond substituents is 2. The molecule has 1 heterocycles. The van der Waals surface area contributed by atoms with Crippen LogP contribution >= 0.6 is 0 Å². The lowest BCUT2D eigenvalue weighted by molar-refractivity contribution is -0.304. The number of carbonyl (C=O) groups excluding carboxylic acids is 2. The van der Waals surface area contributed by atoms with E-state index < -0.39 is 54.6 Å². The zero-order chi connectivity index (χ0) is 22.4. The third-order valence-corrected chi connectivity index (χ3v) is 5.43. The Balaban J connectivity index is 1.60. The molecule has 1 aliphatic carbocycles. The van der Waals surface area contributed by atoms with E-state index in [0.717, 1.165) is 0 Å². The van der Waals surface area contributed by atoms with E-state index in [1.165, 1.54) is 30.3 Å². The van der Waals surface area contributed by atoms with Crippen molar-refractivity contribution in [3.8, 4) is 11.5 Å². The number of hydrogen-bond acceptors (Lipinski definition) is 10. The highest BCUT2D eigenvalue weighted by Gasteiger charge is 2.44. The first-order valence-electron chi connectivity index (χ1n) is 9.44. The van der Waals surface area contributed by atoms with E-state index in [4.69, 9.17) is 9.47 Å². The van der Waals surface area contributed by atoms with E-state index >= 15 is 0 Å². The highest BCUT2D eigenvalue weighted by molar-refractivity contribution is 6.30. The molecule has 0 bridgehead atoms. The number of phenols is 2. The van der Waals surface area contributed by atoms with Crippen LogP contribution in [-0.4, -0.2) is 79.5 Å². The normalized spacial score (nSPS) is 27.7. The van der Waals surface area contributed by atoms with Crippen molar-refractivity contribution in [2.24, 2.45) is 0 Å². The number of ether oxygens (including phenoxy) is 2. The number of aliphatic hydroxyl groups is 4. The second-order valence-corrected chi connectivity index (χ2v) is 7.40. The van der Waals surface area contributed by atoms with Crippen LogP contribution in [0.2, 0.25) is 0 Å². The van der Waals surface area contributed by atoms with E-state index in [0.29, 0.717) is 0 Å². The summed E-state index contributed by atoms with van der Waals surface area (Å²) < 4.78 is 10.7. The van der Waals surface area contributed by atoms with Crippen LogP contribution in [0.3, 0.4) is 0 Å². The summed E-state index contributed by atoms with van der Waals surface area (Å²) in [7, 11) is 0. The van der Waals surface area contributed by atoms with Crippen molar-refractivity contribution in [2.75, 3.05) is 6.61 Å². The summed E-state index contributed by atoms with van der Waals surface area (Å²) in [5.74, 6) is -2.11. The fourth-order valence-electron chi connectivity index (χ4n) is 3.81. The molecule has 31 heavy (non-hydrogen) atoms. The smallest absolute Gasteiger partial charge is 0.201 e. The summed E-state index contributed by atoms with van der Waals surface area (Å²) in [5.41, 5.74) is -0.228. The minimum absolute atomic E-state index is 0.00361. The first kappa shape index (κ1) is 21.4. The minimum Gasteiger partial charge on any atom is -0.507 e. The Morgan fingerprint density at radius 2 is 1.58 bits per heavy atom. The van der Waals surface area contributed by atoms with Crippen molar-refractivity contribution < 1.29 is 49.7 Å². The van der Waals surface area contributed by atoms with E-state index in [-0.39, 0.29) is 40.2 Å². The average Bonchev–Trinajstić information content (AvgIpc) is 2.75. The Morgan fingerprint density at radius 3 is 2.29 bits per heavy atom. The first-order valence-corrected chi connectivity index (χ1v) is 9.44. The van der Waals surface area contributed by atoms with Gasteiger partial charge in [0.2, 0.25) is 5.78 Å². The van der Waals surface area contributed by atoms with Gasteiger partial charge >= 0.3 is 0 Å². The van der Waals surface area contributed by atoms with Crippen LogP contribution in [0.1, 0.15) is 37.4 Å². The number of carbonyl (C=O) groups is 2. The van der Waals surface area contributed by atoms with Gasteiger partial charge in [-0.25, -0.2) is 0 Å². The number of aliphatic hydroxyl groups excluding tert-OH is 4. The maximum Gasteiger partial charge on any atom is 0.201 e. The van der Waals surface area contributed by atoms with Crippen LogP contribution < -0.4 is 0 Å². The molecule has 1 fully saturated rings. The summed E-state index contributed by atoms with van der Waals surface area (Å²) in [4.78, 5) is 25.6. The maximum absolute atomic E-state index is 12.9. The third-order valence-electron chi connectivity index (χ3n) is 5.43. The van der Waals surface area contributed by atoms with Gasteiger partial charge in [-0.2, -0.15) is 0 Å². The second kappa shape index (κ2) is 8.00. The van der Waals surface area contributed by atoms with Gasteiger partial charge in [0.1, 0.15) is 35.9 Å². The molecule has 164 valence electrons. The quantitative estimate of drug-likeness (QED) is 0.306. The largest absolute Gasteiger partial charge is 0.507 e. The first-order chi connectivity index (χ1) is 14.7. The molecular formula is C21H20O10. The van der Waals surface area contributed by atoms with Gasteiger partial charge in [0.15, 0.2) is 12.1 Å². The number of fused-ring (bicyclic) bond motifs is 2. The lowest BCUT2D eigenvalue weighted by Gasteiger charge is -2.39. The van der Waals surface area contributed by atoms with Crippen LogP contribution in [0, 0.1) is 0 Å². The van der Waals surface area contributed by atoms with E-state index in [1.807, 2.05) is 0 Å². The molecule has 1 saturated heterocycles. The summed E-state index contributed by atoms with van der Waals surface area (Å²) >= 11 is 0. The Hall–Kier alpha value is -2.86. The van der Waals surface area contributed by atoms with E-state index in [2.05, 4.69) is 0 Å². The molecule has 0 spiro atoms. The average molecular weight is 432 g/mol. The molecule has 2 aromatic carbocycles. The predicted molar refractivity (Wildman–Crippen MR) is 102 cm³/mol. The van der Waals surface area contributed by atoms with Crippen molar-refractivity contribution in [3.05, 3.63) is 58.1 Å². The Labute approximate surface area is 175 Å². The van der Waals surface area contributed by atoms with Gasteiger partial charge in [-0.1, -0.05) is 12.1 Å². The summed E-state index contributed by atoms with van der Waals surface area (Å²) in [6, 6.07) is 6.63. The SMILES string of the molecule is O=C1c2cccc(O)c2C(=O)c2c(O)cc(CO[C@H]3O[C@@H](CO)[C@H](O)[C@@H](O)[C@@H]3O)cc21. The standard InChI is InChI=1S/C21H20O10/c22-6-13-17(26)19(28)20(29)21(31-13)30-7-8-4-10-15(12(24)5-8)18(27)14-9(16(10)25)2-1-3-11(14)23/h1-5,13,17,19-24,26,28-29H,6-7H2/t13-,17-,19+,20-,21-/m0/s1. The topological polar surface area (TPSA) is 174 Å². The summed E-state index contributed by atoms with van der Waals surface area (Å²) in [5, 5.41) is 59.3. The van der Waals surface area contributed by atoms with Crippen molar-refractivity contribution in [3.63, 3.8) is 0 Å². The molecule has 4 rings (SSSR count). The zero-order valence-electron chi connectivity index (χ0n) is 16.0. The highest BCUT2D eigenvalue weighted by atomic mass is 16.7. The molecule has 0 unspecified atom stereocenters. The van der Waals surface area contributed by atoms with Crippen molar-refractivity contribution in [1.82, 2.24) is 0 Å². The molecule has 2 aliphatic rings. The van der Waals surface area contributed by atoms with Crippen molar-refractivity contribution in [1.29, 1.82) is 0 Å². The number of benzene rings is 2. The molecule has 0 aromatic heterocycles. The molecular weight excluding hydrogens is 412 g/mol.